The first-order chi connectivity index (χ1) is 17.2. The molecule has 5 heterocycles. The summed E-state index contributed by atoms with van der Waals surface area (Å²) in [4.78, 5) is 13.9. The molecule has 0 saturated carbocycles. The average molecular weight is 492 g/mol. The SMILES string of the molecule is COc1nc(-c2csc(Nc3c4c(nn3C3CCOCC3)CCCC4)n2)ccc1-n1cnc(C)c1. The molecule has 0 radical (unpaired) electrons. The van der Waals surface area contributed by atoms with Crippen molar-refractivity contribution in [2.75, 3.05) is 25.6 Å². The van der Waals surface area contributed by atoms with Crippen molar-refractivity contribution in [1.29, 1.82) is 0 Å². The number of hydrogen-bond donors (Lipinski definition) is 1. The number of pyridine rings is 1. The maximum atomic E-state index is 5.60. The summed E-state index contributed by atoms with van der Waals surface area (Å²) in [5, 5.41) is 11.5. The number of hydrogen-bond acceptors (Lipinski definition) is 8. The molecular formula is C25H29N7O2S. The number of fused-ring (bicyclic) bond motifs is 1. The largest absolute Gasteiger partial charge is 0.479 e. The van der Waals surface area contributed by atoms with Gasteiger partial charge in [-0.25, -0.2) is 19.6 Å². The van der Waals surface area contributed by atoms with E-state index in [0.717, 1.165) is 72.6 Å². The number of anilines is 2. The standard InChI is InChI=1S/C25H29N7O2S/c1-16-13-31(15-26-16)22-8-7-20(27-24(22)33-2)21-14-35-25(28-21)29-23-18-5-3-4-6-19(18)30-32(23)17-9-11-34-12-10-17/h7-8,13-15,17H,3-6,9-12H2,1-2H3,(H,28,29). The summed E-state index contributed by atoms with van der Waals surface area (Å²) in [7, 11) is 1.63. The molecule has 10 heteroatoms. The summed E-state index contributed by atoms with van der Waals surface area (Å²) in [5.74, 6) is 1.64. The van der Waals surface area contributed by atoms with Gasteiger partial charge in [0.15, 0.2) is 5.13 Å². The number of nitrogens with zero attached hydrogens (tertiary/aromatic N) is 6. The predicted molar refractivity (Wildman–Crippen MR) is 135 cm³/mol. The van der Waals surface area contributed by atoms with E-state index >= 15 is 0 Å². The van der Waals surface area contributed by atoms with Gasteiger partial charge in [-0.1, -0.05) is 0 Å². The van der Waals surface area contributed by atoms with Crippen LogP contribution >= 0.6 is 11.3 Å². The number of aromatic nitrogens is 6. The third kappa shape index (κ3) is 4.32. The van der Waals surface area contributed by atoms with Gasteiger partial charge >= 0.3 is 0 Å². The second-order valence-electron chi connectivity index (χ2n) is 9.08. The quantitative estimate of drug-likeness (QED) is 0.411. The second-order valence-corrected chi connectivity index (χ2v) is 9.94. The predicted octanol–water partition coefficient (Wildman–Crippen LogP) is 4.88. The van der Waals surface area contributed by atoms with Crippen LogP contribution in [0.1, 0.15) is 48.7 Å². The fourth-order valence-electron chi connectivity index (χ4n) is 4.93. The number of thiazole rings is 1. The van der Waals surface area contributed by atoms with Crippen LogP contribution in [0.25, 0.3) is 17.1 Å². The molecule has 0 unspecified atom stereocenters. The molecule has 0 amide bonds. The van der Waals surface area contributed by atoms with Crippen molar-refractivity contribution in [3.63, 3.8) is 0 Å². The summed E-state index contributed by atoms with van der Waals surface area (Å²) in [6.45, 7) is 3.54. The van der Waals surface area contributed by atoms with E-state index in [0.29, 0.717) is 11.9 Å². The topological polar surface area (TPSA) is 91.9 Å². The van der Waals surface area contributed by atoms with E-state index in [1.807, 2.05) is 35.2 Å². The van der Waals surface area contributed by atoms with Gasteiger partial charge in [-0.05, 0) is 57.6 Å². The number of methoxy groups -OCH3 is 1. The van der Waals surface area contributed by atoms with Crippen LogP contribution in [0.2, 0.25) is 0 Å². The first-order valence-corrected chi connectivity index (χ1v) is 13.0. The van der Waals surface area contributed by atoms with E-state index in [4.69, 9.17) is 24.5 Å². The van der Waals surface area contributed by atoms with Crippen LogP contribution in [-0.2, 0) is 17.6 Å². The van der Waals surface area contributed by atoms with Crippen molar-refractivity contribution in [3.05, 3.63) is 47.0 Å². The fourth-order valence-corrected chi connectivity index (χ4v) is 5.63. The molecular weight excluding hydrogens is 462 g/mol. The van der Waals surface area contributed by atoms with Crippen LogP contribution in [0, 0.1) is 6.92 Å². The third-order valence-corrected chi connectivity index (χ3v) is 7.49. The number of ether oxygens (including phenoxy) is 2. The molecule has 4 aromatic heterocycles. The second kappa shape index (κ2) is 9.43. The first kappa shape index (κ1) is 22.2. The van der Waals surface area contributed by atoms with E-state index in [1.165, 1.54) is 24.1 Å². The van der Waals surface area contributed by atoms with Gasteiger partial charge in [0, 0.05) is 30.4 Å². The highest BCUT2D eigenvalue weighted by molar-refractivity contribution is 7.14. The lowest BCUT2D eigenvalue weighted by atomic mass is 9.97. The number of rotatable bonds is 6. The highest BCUT2D eigenvalue weighted by atomic mass is 32.1. The maximum Gasteiger partial charge on any atom is 0.238 e. The summed E-state index contributed by atoms with van der Waals surface area (Å²) in [6, 6.07) is 4.33. The van der Waals surface area contributed by atoms with Crippen LogP contribution < -0.4 is 10.1 Å². The minimum Gasteiger partial charge on any atom is -0.479 e. The highest BCUT2D eigenvalue weighted by Crippen LogP contribution is 2.36. The van der Waals surface area contributed by atoms with Gasteiger partial charge < -0.3 is 19.4 Å². The van der Waals surface area contributed by atoms with Gasteiger partial charge in [-0.3, -0.25) is 0 Å². The normalized spacial score (nSPS) is 16.3. The molecule has 1 aliphatic carbocycles. The maximum absolute atomic E-state index is 5.60. The van der Waals surface area contributed by atoms with E-state index in [1.54, 1.807) is 24.8 Å². The zero-order chi connectivity index (χ0) is 23.8. The van der Waals surface area contributed by atoms with Crippen LogP contribution in [0.3, 0.4) is 0 Å². The van der Waals surface area contributed by atoms with Gasteiger partial charge in [0.25, 0.3) is 0 Å². The molecule has 1 aliphatic heterocycles. The van der Waals surface area contributed by atoms with Gasteiger partial charge in [-0.15, -0.1) is 11.3 Å². The molecule has 4 aromatic rings. The Labute approximate surface area is 208 Å². The van der Waals surface area contributed by atoms with Crippen LogP contribution in [0.15, 0.2) is 30.0 Å². The Morgan fingerprint density at radius 2 is 1.97 bits per heavy atom. The molecule has 35 heavy (non-hydrogen) atoms. The zero-order valence-electron chi connectivity index (χ0n) is 20.0. The number of nitrogens with one attached hydrogen (secondary N) is 1. The Hall–Kier alpha value is -3.24. The first-order valence-electron chi connectivity index (χ1n) is 12.2. The Balaban J connectivity index is 1.29. The van der Waals surface area contributed by atoms with Crippen LogP contribution in [0.5, 0.6) is 5.88 Å². The fraction of sp³-hybridized carbons (Fsp3) is 0.440. The van der Waals surface area contributed by atoms with E-state index < -0.39 is 0 Å². The Morgan fingerprint density at radius 3 is 2.77 bits per heavy atom. The van der Waals surface area contributed by atoms with Gasteiger partial charge in [-0.2, -0.15) is 5.10 Å². The Morgan fingerprint density at radius 1 is 1.11 bits per heavy atom. The third-order valence-electron chi connectivity index (χ3n) is 6.73. The Bertz CT molecular complexity index is 1340. The molecule has 1 saturated heterocycles. The van der Waals surface area contributed by atoms with E-state index in [9.17, 15) is 0 Å². The van der Waals surface area contributed by atoms with Crippen molar-refractivity contribution >= 4 is 22.3 Å². The van der Waals surface area contributed by atoms with Crippen LogP contribution in [0.4, 0.5) is 10.9 Å². The lowest BCUT2D eigenvalue weighted by Crippen LogP contribution is -2.21. The molecule has 9 nitrogen and oxygen atoms in total. The molecule has 0 atom stereocenters. The van der Waals surface area contributed by atoms with E-state index in [2.05, 4.69) is 15.0 Å². The molecule has 0 bridgehead atoms. The van der Waals surface area contributed by atoms with Crippen LogP contribution in [-0.4, -0.2) is 49.6 Å². The van der Waals surface area contributed by atoms with Gasteiger partial charge in [0.05, 0.1) is 36.6 Å². The zero-order valence-corrected chi connectivity index (χ0v) is 20.8. The monoisotopic (exact) mass is 491 g/mol. The molecule has 2 aliphatic rings. The van der Waals surface area contributed by atoms with Crippen molar-refractivity contribution in [2.45, 2.75) is 51.5 Å². The van der Waals surface area contributed by atoms with E-state index in [-0.39, 0.29) is 0 Å². The lowest BCUT2D eigenvalue weighted by Gasteiger charge is -2.24. The summed E-state index contributed by atoms with van der Waals surface area (Å²) in [6.07, 6.45) is 10.2. The minimum absolute atomic E-state index is 0.363. The Kier molecular flexibility index (Phi) is 5.99. The van der Waals surface area contributed by atoms with Crippen molar-refractivity contribution in [2.24, 2.45) is 0 Å². The lowest BCUT2D eigenvalue weighted by molar-refractivity contribution is 0.0667. The van der Waals surface area contributed by atoms with Gasteiger partial charge in [0.1, 0.15) is 17.2 Å². The van der Waals surface area contributed by atoms with Gasteiger partial charge in [0.2, 0.25) is 5.88 Å². The van der Waals surface area contributed by atoms with Crippen molar-refractivity contribution in [1.82, 2.24) is 29.3 Å². The summed E-state index contributed by atoms with van der Waals surface area (Å²) >= 11 is 1.58. The molecule has 1 N–H and O–H groups in total. The molecule has 0 spiro atoms. The average Bonchev–Trinajstić information content (AvgIpc) is 3.64. The number of imidazole rings is 1. The molecule has 0 aromatic carbocycles. The minimum atomic E-state index is 0.363. The number of aryl methyl sites for hydroxylation is 2. The molecule has 6 rings (SSSR count). The summed E-state index contributed by atoms with van der Waals surface area (Å²) in [5.41, 5.74) is 5.95. The molecule has 182 valence electrons. The van der Waals surface area contributed by atoms with Crippen molar-refractivity contribution in [3.8, 4) is 23.0 Å². The summed E-state index contributed by atoms with van der Waals surface area (Å²) < 4.78 is 15.3. The van der Waals surface area contributed by atoms with Crippen molar-refractivity contribution < 1.29 is 9.47 Å². The molecule has 1 fully saturated rings. The smallest absolute Gasteiger partial charge is 0.238 e. The highest BCUT2D eigenvalue weighted by Gasteiger charge is 2.27.